The monoisotopic (exact) mass is 343 g/mol. The van der Waals surface area contributed by atoms with Crippen molar-refractivity contribution in [3.05, 3.63) is 34.1 Å². The second-order valence-corrected chi connectivity index (χ2v) is 6.16. The molecule has 0 aliphatic carbocycles. The van der Waals surface area contributed by atoms with E-state index in [9.17, 15) is 4.39 Å². The average Bonchev–Trinajstić information content (AvgIpc) is 2.96. The Balaban J connectivity index is 2.03. The summed E-state index contributed by atoms with van der Waals surface area (Å²) < 4.78 is 20.0. The molecule has 4 heteroatoms. The van der Waals surface area contributed by atoms with Crippen molar-refractivity contribution in [1.82, 2.24) is 5.32 Å². The number of hydrogen-bond acceptors (Lipinski definition) is 2. The third kappa shape index (κ3) is 4.27. The molecule has 0 bridgehead atoms. The van der Waals surface area contributed by atoms with Crippen molar-refractivity contribution < 1.29 is 9.13 Å². The molecule has 1 aromatic rings. The standard InChI is InChI=1S/C16H23BrFNO/c1-2-10-19-15(9-8-12-5-4-11-20-12)13-6-3-7-14(18)16(13)17/h3,6-7,12,15,19H,2,4-5,8-11H2,1H3. The van der Waals surface area contributed by atoms with Crippen LogP contribution in [0.15, 0.2) is 22.7 Å². The van der Waals surface area contributed by atoms with Gasteiger partial charge in [0.1, 0.15) is 5.82 Å². The zero-order chi connectivity index (χ0) is 14.4. The highest BCUT2D eigenvalue weighted by atomic mass is 79.9. The first-order chi connectivity index (χ1) is 9.72. The van der Waals surface area contributed by atoms with Crippen molar-refractivity contribution in [2.45, 2.75) is 51.2 Å². The third-order valence-electron chi connectivity index (χ3n) is 3.80. The van der Waals surface area contributed by atoms with Crippen LogP contribution in [0.25, 0.3) is 0 Å². The van der Waals surface area contributed by atoms with Gasteiger partial charge in [-0.2, -0.15) is 0 Å². The fourth-order valence-electron chi connectivity index (χ4n) is 2.70. The van der Waals surface area contributed by atoms with Gasteiger partial charge in [-0.15, -0.1) is 0 Å². The number of hydrogen-bond donors (Lipinski definition) is 1. The van der Waals surface area contributed by atoms with Gasteiger partial charge in [0.15, 0.2) is 0 Å². The number of ether oxygens (including phenoxy) is 1. The first kappa shape index (κ1) is 15.9. The van der Waals surface area contributed by atoms with E-state index in [4.69, 9.17) is 4.74 Å². The lowest BCUT2D eigenvalue weighted by atomic mass is 9.99. The Hall–Kier alpha value is -0.450. The molecule has 1 aliphatic heterocycles. The highest BCUT2D eigenvalue weighted by Gasteiger charge is 2.20. The molecular weight excluding hydrogens is 321 g/mol. The van der Waals surface area contributed by atoms with Gasteiger partial charge in [-0.25, -0.2) is 4.39 Å². The quantitative estimate of drug-likeness (QED) is 0.781. The van der Waals surface area contributed by atoms with E-state index in [1.807, 2.05) is 6.07 Å². The van der Waals surface area contributed by atoms with Crippen molar-refractivity contribution in [3.8, 4) is 0 Å². The summed E-state index contributed by atoms with van der Waals surface area (Å²) in [5.41, 5.74) is 1.01. The molecule has 1 fully saturated rings. The van der Waals surface area contributed by atoms with Crippen LogP contribution in [0.2, 0.25) is 0 Å². The molecule has 0 aromatic heterocycles. The number of halogens is 2. The second-order valence-electron chi connectivity index (χ2n) is 5.36. The van der Waals surface area contributed by atoms with Crippen LogP contribution in [0.5, 0.6) is 0 Å². The maximum absolute atomic E-state index is 13.7. The Morgan fingerprint density at radius 2 is 2.35 bits per heavy atom. The maximum atomic E-state index is 13.7. The van der Waals surface area contributed by atoms with E-state index in [1.165, 1.54) is 12.5 Å². The van der Waals surface area contributed by atoms with Crippen LogP contribution in [-0.4, -0.2) is 19.3 Å². The molecule has 2 unspecified atom stereocenters. The van der Waals surface area contributed by atoms with Gasteiger partial charge >= 0.3 is 0 Å². The first-order valence-corrected chi connectivity index (χ1v) is 8.30. The number of rotatable bonds is 7. The Morgan fingerprint density at radius 3 is 3.05 bits per heavy atom. The van der Waals surface area contributed by atoms with Gasteiger partial charge in [0, 0.05) is 12.6 Å². The molecule has 20 heavy (non-hydrogen) atoms. The highest BCUT2D eigenvalue weighted by Crippen LogP contribution is 2.30. The van der Waals surface area contributed by atoms with Crippen LogP contribution < -0.4 is 5.32 Å². The Bertz CT molecular complexity index is 421. The molecular formula is C16H23BrFNO. The second kappa shape index (κ2) is 8.11. The van der Waals surface area contributed by atoms with E-state index in [2.05, 4.69) is 28.2 Å². The van der Waals surface area contributed by atoms with Crippen LogP contribution in [0.4, 0.5) is 4.39 Å². The van der Waals surface area contributed by atoms with Crippen molar-refractivity contribution >= 4 is 15.9 Å². The molecule has 1 aliphatic rings. The lowest BCUT2D eigenvalue weighted by Gasteiger charge is -2.22. The van der Waals surface area contributed by atoms with E-state index in [1.54, 1.807) is 6.07 Å². The normalized spacial score (nSPS) is 20.2. The van der Waals surface area contributed by atoms with Crippen LogP contribution in [0.3, 0.4) is 0 Å². The summed E-state index contributed by atoms with van der Waals surface area (Å²) >= 11 is 3.38. The summed E-state index contributed by atoms with van der Waals surface area (Å²) in [5, 5.41) is 3.53. The molecule has 0 spiro atoms. The molecule has 0 saturated carbocycles. The Labute approximate surface area is 129 Å². The zero-order valence-electron chi connectivity index (χ0n) is 12.0. The van der Waals surface area contributed by atoms with Gasteiger partial charge in [0.2, 0.25) is 0 Å². The lowest BCUT2D eigenvalue weighted by molar-refractivity contribution is 0.0995. The minimum absolute atomic E-state index is 0.184. The van der Waals surface area contributed by atoms with Crippen molar-refractivity contribution in [3.63, 3.8) is 0 Å². The van der Waals surface area contributed by atoms with Gasteiger partial charge in [0.25, 0.3) is 0 Å². The van der Waals surface area contributed by atoms with Crippen molar-refractivity contribution in [1.29, 1.82) is 0 Å². The lowest BCUT2D eigenvalue weighted by Crippen LogP contribution is -2.24. The Morgan fingerprint density at radius 1 is 1.50 bits per heavy atom. The molecule has 0 radical (unpaired) electrons. The van der Waals surface area contributed by atoms with Crippen LogP contribution in [-0.2, 0) is 4.74 Å². The topological polar surface area (TPSA) is 21.3 Å². The van der Waals surface area contributed by atoms with E-state index >= 15 is 0 Å². The molecule has 2 nitrogen and oxygen atoms in total. The van der Waals surface area contributed by atoms with Crippen LogP contribution >= 0.6 is 15.9 Å². The molecule has 1 N–H and O–H groups in total. The summed E-state index contributed by atoms with van der Waals surface area (Å²) in [6.07, 6.45) is 5.79. The van der Waals surface area contributed by atoms with Crippen LogP contribution in [0.1, 0.15) is 50.6 Å². The van der Waals surface area contributed by atoms with E-state index in [-0.39, 0.29) is 11.9 Å². The SMILES string of the molecule is CCCNC(CCC1CCCO1)c1cccc(F)c1Br. The van der Waals surface area contributed by atoms with Gasteiger partial charge in [-0.3, -0.25) is 0 Å². The van der Waals surface area contributed by atoms with Gasteiger partial charge < -0.3 is 10.1 Å². The number of nitrogens with one attached hydrogen (secondary N) is 1. The summed E-state index contributed by atoms with van der Waals surface area (Å²) in [4.78, 5) is 0. The summed E-state index contributed by atoms with van der Waals surface area (Å²) in [6.45, 7) is 3.98. The molecule has 1 aromatic carbocycles. The van der Waals surface area contributed by atoms with Gasteiger partial charge in [-0.1, -0.05) is 19.1 Å². The molecule has 112 valence electrons. The third-order valence-corrected chi connectivity index (χ3v) is 4.64. The van der Waals surface area contributed by atoms with Crippen molar-refractivity contribution in [2.24, 2.45) is 0 Å². The number of benzene rings is 1. The predicted octanol–water partition coefficient (Wildman–Crippen LogP) is 4.59. The average molecular weight is 344 g/mol. The summed E-state index contributed by atoms with van der Waals surface area (Å²) in [7, 11) is 0. The highest BCUT2D eigenvalue weighted by molar-refractivity contribution is 9.10. The fraction of sp³-hybridized carbons (Fsp3) is 0.625. The van der Waals surface area contributed by atoms with E-state index < -0.39 is 0 Å². The van der Waals surface area contributed by atoms with E-state index in [0.29, 0.717) is 10.6 Å². The predicted molar refractivity (Wildman–Crippen MR) is 83.3 cm³/mol. The van der Waals surface area contributed by atoms with Crippen molar-refractivity contribution in [2.75, 3.05) is 13.2 Å². The molecule has 2 atom stereocenters. The Kier molecular flexibility index (Phi) is 6.46. The van der Waals surface area contributed by atoms with Gasteiger partial charge in [-0.05, 0) is 66.2 Å². The minimum Gasteiger partial charge on any atom is -0.378 e. The van der Waals surface area contributed by atoms with Crippen LogP contribution in [0, 0.1) is 5.82 Å². The minimum atomic E-state index is -0.192. The van der Waals surface area contributed by atoms with Gasteiger partial charge in [0.05, 0.1) is 10.6 Å². The maximum Gasteiger partial charge on any atom is 0.137 e. The largest absolute Gasteiger partial charge is 0.378 e. The smallest absolute Gasteiger partial charge is 0.137 e. The fourth-order valence-corrected chi connectivity index (χ4v) is 3.24. The molecule has 0 amide bonds. The molecule has 1 saturated heterocycles. The first-order valence-electron chi connectivity index (χ1n) is 7.51. The van der Waals surface area contributed by atoms with E-state index in [0.717, 1.165) is 44.4 Å². The molecule has 2 rings (SSSR count). The molecule has 1 heterocycles. The zero-order valence-corrected chi connectivity index (χ0v) is 13.6. The summed E-state index contributed by atoms with van der Waals surface area (Å²) in [6, 6.07) is 5.45. The summed E-state index contributed by atoms with van der Waals surface area (Å²) in [5.74, 6) is -0.192.